The van der Waals surface area contributed by atoms with E-state index in [0.29, 0.717) is 23.9 Å². The molecule has 1 spiro atoms. The quantitative estimate of drug-likeness (QED) is 0.762. The highest BCUT2D eigenvalue weighted by Crippen LogP contribution is 2.58. The standard InChI is InChI=1S/C22H27N3O5S/c1-21(2,3)30-20(27)24-12-8-14-13-25(22(9-10-22)18(14)24)31(28,29)17-6-4-5-16-15(17)7-11-23-19(16)26/h4-7,11,14,18H,8-10,12-13H2,1-3H3,(H,23,26). The third-order valence-electron chi connectivity index (χ3n) is 6.67. The number of carbonyl (C=O) groups excluding carboxylic acids is 1. The van der Waals surface area contributed by atoms with E-state index in [-0.39, 0.29) is 28.8 Å². The molecule has 9 heteroatoms. The Morgan fingerprint density at radius 2 is 1.97 bits per heavy atom. The molecule has 166 valence electrons. The molecular weight excluding hydrogens is 418 g/mol. The Morgan fingerprint density at radius 3 is 2.65 bits per heavy atom. The number of aromatic nitrogens is 1. The summed E-state index contributed by atoms with van der Waals surface area (Å²) in [5, 5.41) is 10.9. The van der Waals surface area contributed by atoms with Gasteiger partial charge >= 0.3 is 6.09 Å². The molecule has 3 aliphatic rings. The van der Waals surface area contributed by atoms with E-state index in [1.807, 2.05) is 20.8 Å². The van der Waals surface area contributed by atoms with Gasteiger partial charge < -0.3 is 14.7 Å². The van der Waals surface area contributed by atoms with Crippen LogP contribution < -0.4 is 0 Å². The third kappa shape index (κ3) is 3.09. The Labute approximate surface area is 181 Å². The van der Waals surface area contributed by atoms with Crippen molar-refractivity contribution in [3.63, 3.8) is 0 Å². The maximum Gasteiger partial charge on any atom is 0.410 e. The van der Waals surface area contributed by atoms with E-state index in [2.05, 4.69) is 4.98 Å². The fraction of sp³-hybridized carbons (Fsp3) is 0.545. The molecule has 1 aromatic heterocycles. The fourth-order valence-corrected chi connectivity index (χ4v) is 7.46. The van der Waals surface area contributed by atoms with Gasteiger partial charge in [0.15, 0.2) is 0 Å². The van der Waals surface area contributed by atoms with Crippen molar-refractivity contribution in [3.8, 4) is 5.88 Å². The second kappa shape index (κ2) is 6.56. The second-order valence-corrected chi connectivity index (χ2v) is 11.6. The summed E-state index contributed by atoms with van der Waals surface area (Å²) in [6, 6.07) is 6.31. The number of pyridine rings is 1. The van der Waals surface area contributed by atoms with Crippen molar-refractivity contribution in [2.45, 2.75) is 62.1 Å². The molecule has 2 saturated heterocycles. The highest BCUT2D eigenvalue weighted by atomic mass is 32.2. The first-order chi connectivity index (χ1) is 14.5. The van der Waals surface area contributed by atoms with Crippen LogP contribution in [0.1, 0.15) is 40.0 Å². The van der Waals surface area contributed by atoms with Crippen LogP contribution in [-0.4, -0.2) is 64.1 Å². The van der Waals surface area contributed by atoms with Crippen LogP contribution in [-0.2, 0) is 14.8 Å². The molecule has 1 saturated carbocycles. The van der Waals surface area contributed by atoms with Crippen molar-refractivity contribution in [2.24, 2.45) is 5.92 Å². The second-order valence-electron chi connectivity index (χ2n) is 9.79. The molecule has 1 aliphatic carbocycles. The first kappa shape index (κ1) is 20.5. The zero-order valence-electron chi connectivity index (χ0n) is 17.9. The van der Waals surface area contributed by atoms with E-state index in [1.165, 1.54) is 6.20 Å². The number of hydrogen-bond donors (Lipinski definition) is 1. The van der Waals surface area contributed by atoms with Gasteiger partial charge in [-0.1, -0.05) is 6.07 Å². The third-order valence-corrected chi connectivity index (χ3v) is 8.68. The SMILES string of the molecule is CC(C)(C)OC(=O)N1CCC2CN(S(=O)(=O)c3cccc4c(O)nccc34)C3(CC3)C21. The number of carbonyl (C=O) groups is 1. The minimum atomic E-state index is -3.84. The van der Waals surface area contributed by atoms with Crippen LogP contribution >= 0.6 is 0 Å². The Balaban J connectivity index is 1.52. The number of rotatable bonds is 2. The number of amides is 1. The molecule has 0 bridgehead atoms. The monoisotopic (exact) mass is 445 g/mol. The van der Waals surface area contributed by atoms with E-state index in [1.54, 1.807) is 33.5 Å². The van der Waals surface area contributed by atoms with Crippen LogP contribution in [0.2, 0.25) is 0 Å². The van der Waals surface area contributed by atoms with E-state index in [0.717, 1.165) is 19.3 Å². The predicted molar refractivity (Wildman–Crippen MR) is 114 cm³/mol. The maximum atomic E-state index is 13.8. The van der Waals surface area contributed by atoms with E-state index >= 15 is 0 Å². The molecule has 1 N–H and O–H groups in total. The molecule has 1 aromatic carbocycles. The van der Waals surface area contributed by atoms with E-state index in [9.17, 15) is 18.3 Å². The summed E-state index contributed by atoms with van der Waals surface area (Å²) in [7, 11) is -3.84. The summed E-state index contributed by atoms with van der Waals surface area (Å²) in [6.45, 7) is 6.48. The molecule has 2 atom stereocenters. The van der Waals surface area contributed by atoms with Crippen LogP contribution in [0.25, 0.3) is 10.8 Å². The van der Waals surface area contributed by atoms with Gasteiger partial charge in [0.05, 0.1) is 16.5 Å². The summed E-state index contributed by atoms with van der Waals surface area (Å²) in [5.74, 6) is -0.0973. The minimum Gasteiger partial charge on any atom is -0.493 e. The molecule has 3 fully saturated rings. The van der Waals surface area contributed by atoms with Gasteiger partial charge in [-0.3, -0.25) is 0 Å². The lowest BCUT2D eigenvalue weighted by molar-refractivity contribution is 0.0177. The molecule has 5 rings (SSSR count). The summed E-state index contributed by atoms with van der Waals surface area (Å²) >= 11 is 0. The Kier molecular flexibility index (Phi) is 4.34. The highest BCUT2D eigenvalue weighted by Gasteiger charge is 2.68. The number of fused-ring (bicyclic) bond motifs is 3. The molecule has 3 heterocycles. The van der Waals surface area contributed by atoms with E-state index < -0.39 is 21.2 Å². The number of hydrogen-bond acceptors (Lipinski definition) is 6. The molecular formula is C22H27N3O5S. The number of sulfonamides is 1. The first-order valence-electron chi connectivity index (χ1n) is 10.6. The molecule has 2 unspecified atom stereocenters. The van der Waals surface area contributed by atoms with Gasteiger partial charge in [0, 0.05) is 30.1 Å². The molecule has 0 radical (unpaired) electrons. The lowest BCUT2D eigenvalue weighted by Crippen LogP contribution is -2.50. The zero-order chi connectivity index (χ0) is 22.2. The van der Waals surface area contributed by atoms with Gasteiger partial charge in [0.25, 0.3) is 0 Å². The van der Waals surface area contributed by atoms with E-state index in [4.69, 9.17) is 4.74 Å². The Morgan fingerprint density at radius 1 is 1.23 bits per heavy atom. The largest absolute Gasteiger partial charge is 0.493 e. The van der Waals surface area contributed by atoms with Crippen LogP contribution in [0.15, 0.2) is 35.4 Å². The summed E-state index contributed by atoms with van der Waals surface area (Å²) in [6.07, 6.45) is 3.26. The van der Waals surface area contributed by atoms with Gasteiger partial charge in [-0.15, -0.1) is 0 Å². The molecule has 2 aliphatic heterocycles. The van der Waals surface area contributed by atoms with Crippen LogP contribution in [0.3, 0.4) is 0 Å². The number of aromatic hydroxyl groups is 1. The topological polar surface area (TPSA) is 100 Å². The Bertz CT molecular complexity index is 1170. The van der Waals surface area contributed by atoms with Gasteiger partial charge in [-0.2, -0.15) is 4.31 Å². The minimum absolute atomic E-state index is 0.0924. The molecule has 1 amide bonds. The number of likely N-dealkylation sites (tertiary alicyclic amines) is 1. The number of ether oxygens (including phenoxy) is 1. The average Bonchev–Trinajstić information content (AvgIpc) is 3.24. The highest BCUT2D eigenvalue weighted by molar-refractivity contribution is 7.89. The molecule has 31 heavy (non-hydrogen) atoms. The lowest BCUT2D eigenvalue weighted by Gasteiger charge is -2.34. The summed E-state index contributed by atoms with van der Waals surface area (Å²) < 4.78 is 34.9. The van der Waals surface area contributed by atoms with Crippen molar-refractivity contribution in [2.75, 3.05) is 13.1 Å². The van der Waals surface area contributed by atoms with Crippen LogP contribution in [0, 0.1) is 5.92 Å². The zero-order valence-corrected chi connectivity index (χ0v) is 18.7. The maximum absolute atomic E-state index is 13.8. The first-order valence-corrected chi connectivity index (χ1v) is 12.1. The molecule has 2 aromatic rings. The fourth-order valence-electron chi connectivity index (χ4n) is 5.36. The van der Waals surface area contributed by atoms with Crippen molar-refractivity contribution in [3.05, 3.63) is 30.5 Å². The van der Waals surface area contributed by atoms with Crippen molar-refractivity contribution in [1.82, 2.24) is 14.2 Å². The predicted octanol–water partition coefficient (Wildman–Crippen LogP) is 3.10. The van der Waals surface area contributed by atoms with Gasteiger partial charge in [-0.05, 0) is 64.2 Å². The summed E-state index contributed by atoms with van der Waals surface area (Å²) in [5.41, 5.74) is -1.18. The molecule has 8 nitrogen and oxygen atoms in total. The average molecular weight is 446 g/mol. The normalized spacial score (nSPS) is 25.2. The smallest absolute Gasteiger partial charge is 0.410 e. The Hall–Kier alpha value is -2.39. The van der Waals surface area contributed by atoms with Crippen molar-refractivity contribution >= 4 is 26.9 Å². The van der Waals surface area contributed by atoms with Crippen molar-refractivity contribution in [1.29, 1.82) is 0 Å². The van der Waals surface area contributed by atoms with Crippen LogP contribution in [0.4, 0.5) is 4.79 Å². The lowest BCUT2D eigenvalue weighted by atomic mass is 9.98. The van der Waals surface area contributed by atoms with Crippen LogP contribution in [0.5, 0.6) is 5.88 Å². The summed E-state index contributed by atoms with van der Waals surface area (Å²) in [4.78, 5) is 18.6. The van der Waals surface area contributed by atoms with Gasteiger partial charge in [0.2, 0.25) is 15.9 Å². The number of benzene rings is 1. The van der Waals surface area contributed by atoms with Gasteiger partial charge in [0.1, 0.15) is 5.60 Å². The number of nitrogens with zero attached hydrogens (tertiary/aromatic N) is 3. The van der Waals surface area contributed by atoms with Gasteiger partial charge in [-0.25, -0.2) is 18.2 Å². The van der Waals surface area contributed by atoms with Crippen molar-refractivity contribution < 1.29 is 23.1 Å².